The second-order valence-electron chi connectivity index (χ2n) is 4.40. The van der Waals surface area contributed by atoms with Gasteiger partial charge in [0.05, 0.1) is 17.6 Å². The summed E-state index contributed by atoms with van der Waals surface area (Å²) in [7, 11) is 0. The maximum Gasteiger partial charge on any atom is 0.136 e. The number of nitrogens with zero attached hydrogens (tertiary/aromatic N) is 1. The minimum absolute atomic E-state index is 0.304. The molecule has 1 aromatic heterocycles. The van der Waals surface area contributed by atoms with Gasteiger partial charge in [0, 0.05) is 6.07 Å². The standard InChI is InChI=1S/C12H19ClN2O/c1-9(15-5-3-2-4-6-15)11-7-10(13)12(8-14)16-11/h7,9H,2-6,8,14H2,1H3. The first kappa shape index (κ1) is 12.0. The zero-order valence-corrected chi connectivity index (χ0v) is 10.5. The molecule has 0 aliphatic carbocycles. The van der Waals surface area contributed by atoms with Gasteiger partial charge in [-0.3, -0.25) is 4.90 Å². The summed E-state index contributed by atoms with van der Waals surface area (Å²) in [4.78, 5) is 2.44. The van der Waals surface area contributed by atoms with Crippen LogP contribution in [0.5, 0.6) is 0 Å². The number of furan rings is 1. The van der Waals surface area contributed by atoms with E-state index in [1.807, 2.05) is 6.07 Å². The smallest absolute Gasteiger partial charge is 0.136 e. The first-order chi connectivity index (χ1) is 7.72. The van der Waals surface area contributed by atoms with Gasteiger partial charge in [-0.15, -0.1) is 0 Å². The van der Waals surface area contributed by atoms with Crippen LogP contribution in [0, 0.1) is 0 Å². The van der Waals surface area contributed by atoms with Gasteiger partial charge in [-0.2, -0.15) is 0 Å². The van der Waals surface area contributed by atoms with E-state index in [9.17, 15) is 0 Å². The molecule has 0 spiro atoms. The van der Waals surface area contributed by atoms with Gasteiger partial charge >= 0.3 is 0 Å². The summed E-state index contributed by atoms with van der Waals surface area (Å²) in [5.74, 6) is 1.63. The first-order valence-electron chi connectivity index (χ1n) is 5.94. The largest absolute Gasteiger partial charge is 0.461 e. The molecule has 2 heterocycles. The van der Waals surface area contributed by atoms with Gasteiger partial charge in [-0.05, 0) is 32.9 Å². The summed E-state index contributed by atoms with van der Waals surface area (Å²) < 4.78 is 5.68. The molecule has 0 radical (unpaired) electrons. The second-order valence-corrected chi connectivity index (χ2v) is 4.80. The molecule has 16 heavy (non-hydrogen) atoms. The summed E-state index contributed by atoms with van der Waals surface area (Å²) in [6.07, 6.45) is 3.90. The summed E-state index contributed by atoms with van der Waals surface area (Å²) in [5, 5.41) is 0.654. The number of piperidine rings is 1. The number of hydrogen-bond acceptors (Lipinski definition) is 3. The quantitative estimate of drug-likeness (QED) is 0.886. The first-order valence-corrected chi connectivity index (χ1v) is 6.32. The molecule has 2 N–H and O–H groups in total. The fourth-order valence-corrected chi connectivity index (χ4v) is 2.48. The Morgan fingerprint density at radius 3 is 2.69 bits per heavy atom. The van der Waals surface area contributed by atoms with E-state index in [2.05, 4.69) is 11.8 Å². The monoisotopic (exact) mass is 242 g/mol. The maximum absolute atomic E-state index is 6.04. The lowest BCUT2D eigenvalue weighted by atomic mass is 10.1. The summed E-state index contributed by atoms with van der Waals surface area (Å²) in [6.45, 7) is 4.83. The van der Waals surface area contributed by atoms with Gasteiger partial charge in [0.25, 0.3) is 0 Å². The van der Waals surface area contributed by atoms with Crippen molar-refractivity contribution in [3.8, 4) is 0 Å². The van der Waals surface area contributed by atoms with Gasteiger partial charge in [0.1, 0.15) is 11.5 Å². The van der Waals surface area contributed by atoms with Crippen LogP contribution in [0.2, 0.25) is 5.02 Å². The molecule has 1 atom stereocenters. The van der Waals surface area contributed by atoms with Crippen LogP contribution in [0.4, 0.5) is 0 Å². The molecule has 4 heteroatoms. The summed E-state index contributed by atoms with van der Waals surface area (Å²) in [6, 6.07) is 2.21. The highest BCUT2D eigenvalue weighted by molar-refractivity contribution is 6.31. The minimum Gasteiger partial charge on any atom is -0.461 e. The highest BCUT2D eigenvalue weighted by atomic mass is 35.5. The van der Waals surface area contributed by atoms with Crippen molar-refractivity contribution in [3.63, 3.8) is 0 Å². The fraction of sp³-hybridized carbons (Fsp3) is 0.667. The van der Waals surface area contributed by atoms with Crippen LogP contribution in [0.3, 0.4) is 0 Å². The Morgan fingerprint density at radius 1 is 1.44 bits per heavy atom. The zero-order valence-electron chi connectivity index (χ0n) is 9.71. The van der Waals surface area contributed by atoms with Crippen LogP contribution in [-0.2, 0) is 6.54 Å². The molecule has 0 aromatic carbocycles. The molecule has 1 saturated heterocycles. The Labute approximate surface area is 102 Å². The van der Waals surface area contributed by atoms with Crippen LogP contribution in [0.1, 0.15) is 43.7 Å². The van der Waals surface area contributed by atoms with Gasteiger partial charge in [-0.25, -0.2) is 0 Å². The third-order valence-electron chi connectivity index (χ3n) is 3.31. The Balaban J connectivity index is 2.09. The van der Waals surface area contributed by atoms with Gasteiger partial charge in [-0.1, -0.05) is 18.0 Å². The molecule has 1 aliphatic rings. The maximum atomic E-state index is 6.04. The Morgan fingerprint density at radius 2 is 2.12 bits per heavy atom. The van der Waals surface area contributed by atoms with Crippen molar-refractivity contribution in [3.05, 3.63) is 22.6 Å². The highest BCUT2D eigenvalue weighted by Gasteiger charge is 2.21. The number of halogens is 1. The van der Waals surface area contributed by atoms with E-state index in [0.717, 1.165) is 18.8 Å². The Kier molecular flexibility index (Phi) is 3.90. The van der Waals surface area contributed by atoms with Gasteiger partial charge in [0.15, 0.2) is 0 Å². The fourth-order valence-electron chi connectivity index (χ4n) is 2.26. The number of hydrogen-bond donors (Lipinski definition) is 1. The average Bonchev–Trinajstić information content (AvgIpc) is 2.71. The van der Waals surface area contributed by atoms with Crippen LogP contribution < -0.4 is 5.73 Å². The van der Waals surface area contributed by atoms with Crippen molar-refractivity contribution in [2.75, 3.05) is 13.1 Å². The van der Waals surface area contributed by atoms with E-state index in [-0.39, 0.29) is 0 Å². The molecule has 1 fully saturated rings. The lowest BCUT2D eigenvalue weighted by molar-refractivity contribution is 0.156. The van der Waals surface area contributed by atoms with Crippen LogP contribution in [-0.4, -0.2) is 18.0 Å². The molecule has 0 amide bonds. The van der Waals surface area contributed by atoms with E-state index in [1.165, 1.54) is 19.3 Å². The molecular formula is C12H19ClN2O. The van der Waals surface area contributed by atoms with Gasteiger partial charge in [0.2, 0.25) is 0 Å². The van der Waals surface area contributed by atoms with E-state index in [4.69, 9.17) is 21.8 Å². The van der Waals surface area contributed by atoms with E-state index < -0.39 is 0 Å². The van der Waals surface area contributed by atoms with Gasteiger partial charge < -0.3 is 10.2 Å². The molecule has 3 nitrogen and oxygen atoms in total. The number of likely N-dealkylation sites (tertiary alicyclic amines) is 1. The predicted octanol–water partition coefficient (Wildman–Crippen LogP) is 2.94. The van der Waals surface area contributed by atoms with E-state index in [1.54, 1.807) is 0 Å². The van der Waals surface area contributed by atoms with Crippen LogP contribution in [0.25, 0.3) is 0 Å². The average molecular weight is 243 g/mol. The topological polar surface area (TPSA) is 42.4 Å². The predicted molar refractivity (Wildman–Crippen MR) is 65.4 cm³/mol. The van der Waals surface area contributed by atoms with Crippen LogP contribution >= 0.6 is 11.6 Å². The third kappa shape index (κ3) is 2.42. The summed E-state index contributed by atoms with van der Waals surface area (Å²) >= 11 is 6.04. The Bertz CT molecular complexity index is 345. The lowest BCUT2D eigenvalue weighted by Gasteiger charge is -2.31. The van der Waals surface area contributed by atoms with Crippen molar-refractivity contribution in [2.45, 2.75) is 38.8 Å². The molecule has 1 unspecified atom stereocenters. The van der Waals surface area contributed by atoms with Crippen molar-refractivity contribution in [2.24, 2.45) is 5.73 Å². The van der Waals surface area contributed by atoms with Crippen molar-refractivity contribution in [1.29, 1.82) is 0 Å². The van der Waals surface area contributed by atoms with Crippen molar-refractivity contribution in [1.82, 2.24) is 4.90 Å². The summed E-state index contributed by atoms with van der Waals surface area (Å²) in [5.41, 5.74) is 5.55. The van der Waals surface area contributed by atoms with E-state index >= 15 is 0 Å². The lowest BCUT2D eigenvalue weighted by Crippen LogP contribution is -2.32. The Hall–Kier alpha value is -0.510. The molecule has 0 saturated carbocycles. The molecule has 2 rings (SSSR count). The molecule has 0 bridgehead atoms. The molecule has 1 aromatic rings. The second kappa shape index (κ2) is 5.21. The normalized spacial score (nSPS) is 19.9. The van der Waals surface area contributed by atoms with Crippen molar-refractivity contribution >= 4 is 11.6 Å². The van der Waals surface area contributed by atoms with E-state index in [0.29, 0.717) is 23.4 Å². The minimum atomic E-state index is 0.304. The number of nitrogens with two attached hydrogens (primary N) is 1. The third-order valence-corrected chi connectivity index (χ3v) is 3.63. The molecule has 90 valence electrons. The molecular weight excluding hydrogens is 224 g/mol. The molecule has 1 aliphatic heterocycles. The number of rotatable bonds is 3. The van der Waals surface area contributed by atoms with Crippen LogP contribution in [0.15, 0.2) is 10.5 Å². The zero-order chi connectivity index (χ0) is 11.5. The highest BCUT2D eigenvalue weighted by Crippen LogP contribution is 2.29. The van der Waals surface area contributed by atoms with Crippen molar-refractivity contribution < 1.29 is 4.42 Å². The SMILES string of the molecule is CC(c1cc(Cl)c(CN)o1)N1CCCCC1.